The molecule has 0 atom stereocenters. The van der Waals surface area contributed by atoms with Crippen molar-refractivity contribution >= 4 is 16.6 Å². The number of methoxy groups -OCH3 is 1. The van der Waals surface area contributed by atoms with Gasteiger partial charge in [0.2, 0.25) is 0 Å². The molecule has 0 radical (unpaired) electrons. The van der Waals surface area contributed by atoms with Crippen molar-refractivity contribution in [1.29, 1.82) is 0 Å². The molecule has 5 nitrogen and oxygen atoms in total. The average Bonchev–Trinajstić information content (AvgIpc) is 2.53. The number of carbonyl (C=O) groups excluding carboxylic acids is 1. The first-order valence-corrected chi connectivity index (χ1v) is 6.71. The second-order valence-electron chi connectivity index (χ2n) is 4.51. The van der Waals surface area contributed by atoms with Crippen LogP contribution in [0.1, 0.15) is 10.4 Å². The zero-order valence-corrected chi connectivity index (χ0v) is 12.0. The fourth-order valence-electron chi connectivity index (χ4n) is 1.92. The number of carbonyl (C=O) groups is 1. The van der Waals surface area contributed by atoms with Gasteiger partial charge in [-0.2, -0.15) is 0 Å². The molecule has 2 N–H and O–H groups in total. The molecule has 0 unspecified atom stereocenters. The van der Waals surface area contributed by atoms with Crippen LogP contribution in [-0.4, -0.2) is 39.4 Å². The average molecular weight is 289 g/mol. The highest BCUT2D eigenvalue weighted by Crippen LogP contribution is 2.22. The quantitative estimate of drug-likeness (QED) is 0.457. The molecule has 0 aliphatic carbocycles. The van der Waals surface area contributed by atoms with E-state index in [-0.39, 0.29) is 19.1 Å². The van der Waals surface area contributed by atoms with E-state index in [1.807, 2.05) is 30.3 Å². The SMILES string of the molecule is COCCOCOc1ccc2cc(C(=O)CN)ccc2c1. The minimum absolute atomic E-state index is 0.0194. The van der Waals surface area contributed by atoms with Crippen molar-refractivity contribution in [3.05, 3.63) is 42.0 Å². The van der Waals surface area contributed by atoms with E-state index in [1.54, 1.807) is 13.2 Å². The molecule has 0 saturated heterocycles. The molecule has 2 rings (SSSR count). The van der Waals surface area contributed by atoms with Gasteiger partial charge in [0.05, 0.1) is 19.8 Å². The van der Waals surface area contributed by atoms with Crippen LogP contribution in [0.15, 0.2) is 36.4 Å². The zero-order chi connectivity index (χ0) is 15.1. The lowest BCUT2D eigenvalue weighted by atomic mass is 10.0. The zero-order valence-electron chi connectivity index (χ0n) is 12.0. The van der Waals surface area contributed by atoms with Gasteiger partial charge in [-0.1, -0.05) is 18.2 Å². The monoisotopic (exact) mass is 289 g/mol. The Labute approximate surface area is 123 Å². The number of Topliss-reactive ketones (excluding diaryl/α,β-unsaturated/α-hetero) is 1. The van der Waals surface area contributed by atoms with Gasteiger partial charge in [-0.25, -0.2) is 0 Å². The summed E-state index contributed by atoms with van der Waals surface area (Å²) >= 11 is 0. The number of hydrogen-bond acceptors (Lipinski definition) is 5. The van der Waals surface area contributed by atoms with Crippen molar-refractivity contribution in [2.45, 2.75) is 0 Å². The predicted octanol–water partition coefficient (Wildman–Crippen LogP) is 1.98. The number of ketones is 1. The number of nitrogens with two attached hydrogens (primary N) is 1. The summed E-state index contributed by atoms with van der Waals surface area (Å²) < 4.78 is 15.6. The summed E-state index contributed by atoms with van der Waals surface area (Å²) in [5, 5.41) is 1.97. The lowest BCUT2D eigenvalue weighted by molar-refractivity contribution is -0.00841. The Morgan fingerprint density at radius 3 is 2.62 bits per heavy atom. The second-order valence-corrected chi connectivity index (χ2v) is 4.51. The summed E-state index contributed by atoms with van der Waals surface area (Å²) in [7, 11) is 1.62. The van der Waals surface area contributed by atoms with Gasteiger partial charge in [0, 0.05) is 12.7 Å². The second kappa shape index (κ2) is 7.73. The maximum Gasteiger partial charge on any atom is 0.189 e. The third kappa shape index (κ3) is 4.26. The third-order valence-electron chi connectivity index (χ3n) is 3.06. The molecule has 0 saturated carbocycles. The summed E-state index contributed by atoms with van der Waals surface area (Å²) in [4.78, 5) is 11.6. The van der Waals surface area contributed by atoms with Crippen molar-refractivity contribution in [3.8, 4) is 5.75 Å². The Kier molecular flexibility index (Phi) is 5.68. The van der Waals surface area contributed by atoms with E-state index < -0.39 is 0 Å². The first-order chi connectivity index (χ1) is 10.2. The highest BCUT2D eigenvalue weighted by molar-refractivity contribution is 6.01. The van der Waals surface area contributed by atoms with Gasteiger partial charge in [0.25, 0.3) is 0 Å². The molecule has 0 aliphatic heterocycles. The molecule has 0 bridgehead atoms. The summed E-state index contributed by atoms with van der Waals surface area (Å²) in [6.45, 7) is 1.23. The highest BCUT2D eigenvalue weighted by atomic mass is 16.7. The molecule has 0 fully saturated rings. The van der Waals surface area contributed by atoms with Crippen LogP contribution in [-0.2, 0) is 9.47 Å². The minimum atomic E-state index is -0.0660. The molecular formula is C16H19NO4. The van der Waals surface area contributed by atoms with E-state index in [0.717, 1.165) is 16.5 Å². The molecule has 112 valence electrons. The summed E-state index contributed by atoms with van der Waals surface area (Å²) in [5.74, 6) is 0.654. The molecule has 2 aromatic carbocycles. The van der Waals surface area contributed by atoms with Crippen LogP contribution < -0.4 is 10.5 Å². The van der Waals surface area contributed by atoms with Crippen LogP contribution >= 0.6 is 0 Å². The van der Waals surface area contributed by atoms with Crippen molar-refractivity contribution < 1.29 is 19.0 Å². The Morgan fingerprint density at radius 2 is 1.86 bits per heavy atom. The first-order valence-electron chi connectivity index (χ1n) is 6.71. The van der Waals surface area contributed by atoms with Gasteiger partial charge in [0.15, 0.2) is 12.6 Å². The van der Waals surface area contributed by atoms with Gasteiger partial charge < -0.3 is 19.9 Å². The number of hydrogen-bond donors (Lipinski definition) is 1. The molecule has 0 aromatic heterocycles. The lowest BCUT2D eigenvalue weighted by Gasteiger charge is -2.08. The van der Waals surface area contributed by atoms with Crippen LogP contribution in [0, 0.1) is 0 Å². The molecule has 0 heterocycles. The van der Waals surface area contributed by atoms with Crippen LogP contribution in [0.5, 0.6) is 5.75 Å². The molecule has 21 heavy (non-hydrogen) atoms. The molecule has 0 spiro atoms. The molecule has 0 aliphatic rings. The Bertz CT molecular complexity index is 612. The largest absolute Gasteiger partial charge is 0.468 e. The maximum atomic E-state index is 11.6. The topological polar surface area (TPSA) is 70.8 Å². The predicted molar refractivity (Wildman–Crippen MR) is 80.7 cm³/mol. The smallest absolute Gasteiger partial charge is 0.189 e. The standard InChI is InChI=1S/C16H19NO4/c1-19-6-7-20-11-21-15-5-4-12-8-14(16(18)10-17)3-2-13(12)9-15/h2-5,8-9H,6-7,10-11,17H2,1H3. The third-order valence-corrected chi connectivity index (χ3v) is 3.06. The van der Waals surface area contributed by atoms with Gasteiger partial charge in [-0.15, -0.1) is 0 Å². The summed E-state index contributed by atoms with van der Waals surface area (Å²) in [6.07, 6.45) is 0. The van der Waals surface area contributed by atoms with Crippen LogP contribution in [0.25, 0.3) is 10.8 Å². The molecule has 0 amide bonds. The number of fused-ring (bicyclic) bond motifs is 1. The van der Waals surface area contributed by atoms with Gasteiger partial charge >= 0.3 is 0 Å². The fourth-order valence-corrected chi connectivity index (χ4v) is 1.92. The van der Waals surface area contributed by atoms with Crippen molar-refractivity contribution in [2.75, 3.05) is 33.7 Å². The van der Waals surface area contributed by atoms with E-state index in [1.165, 1.54) is 0 Å². The van der Waals surface area contributed by atoms with E-state index in [9.17, 15) is 4.79 Å². The highest BCUT2D eigenvalue weighted by Gasteiger charge is 2.05. The van der Waals surface area contributed by atoms with Crippen molar-refractivity contribution in [3.63, 3.8) is 0 Å². The summed E-state index contributed by atoms with van der Waals surface area (Å²) in [5.41, 5.74) is 6.00. The summed E-state index contributed by atoms with van der Waals surface area (Å²) in [6, 6.07) is 11.2. The Balaban J connectivity index is 2.03. The van der Waals surface area contributed by atoms with Crippen LogP contribution in [0.3, 0.4) is 0 Å². The minimum Gasteiger partial charge on any atom is -0.468 e. The number of rotatable bonds is 8. The molecule has 5 heteroatoms. The first kappa shape index (κ1) is 15.4. The van der Waals surface area contributed by atoms with Crippen LogP contribution in [0.4, 0.5) is 0 Å². The fraction of sp³-hybridized carbons (Fsp3) is 0.312. The van der Waals surface area contributed by atoms with E-state index >= 15 is 0 Å². The molecule has 2 aromatic rings. The number of benzene rings is 2. The van der Waals surface area contributed by atoms with E-state index in [2.05, 4.69) is 0 Å². The van der Waals surface area contributed by atoms with Crippen molar-refractivity contribution in [1.82, 2.24) is 0 Å². The van der Waals surface area contributed by atoms with Gasteiger partial charge in [-0.05, 0) is 29.0 Å². The Morgan fingerprint density at radius 1 is 1.10 bits per heavy atom. The van der Waals surface area contributed by atoms with Gasteiger partial charge in [0.1, 0.15) is 5.75 Å². The number of ether oxygens (including phenoxy) is 3. The normalized spacial score (nSPS) is 10.8. The van der Waals surface area contributed by atoms with Crippen molar-refractivity contribution in [2.24, 2.45) is 5.73 Å². The maximum absolute atomic E-state index is 11.6. The molecular weight excluding hydrogens is 270 g/mol. The van der Waals surface area contributed by atoms with E-state index in [4.69, 9.17) is 19.9 Å². The lowest BCUT2D eigenvalue weighted by Crippen LogP contribution is -2.13. The van der Waals surface area contributed by atoms with Gasteiger partial charge in [-0.3, -0.25) is 4.79 Å². The Hall–Kier alpha value is -1.95. The van der Waals surface area contributed by atoms with Crippen LogP contribution in [0.2, 0.25) is 0 Å². The van der Waals surface area contributed by atoms with E-state index in [0.29, 0.717) is 18.8 Å².